The molecule has 1 fully saturated rings. The lowest BCUT2D eigenvalue weighted by Crippen LogP contribution is -2.40. The number of aryl methyl sites for hydroxylation is 2. The first-order valence-corrected chi connectivity index (χ1v) is 10.7. The van der Waals surface area contributed by atoms with Crippen molar-refractivity contribution in [2.75, 3.05) is 26.3 Å². The third-order valence-electron chi connectivity index (χ3n) is 6.02. The molecule has 0 bridgehead atoms. The zero-order valence-electron chi connectivity index (χ0n) is 18.0. The van der Waals surface area contributed by atoms with Gasteiger partial charge in [0.25, 0.3) is 5.91 Å². The largest absolute Gasteiger partial charge is 0.378 e. The third kappa shape index (κ3) is 3.33. The second-order valence-corrected chi connectivity index (χ2v) is 8.04. The molecular formula is C24H25N5O3. The van der Waals surface area contributed by atoms with E-state index in [1.807, 2.05) is 45.5 Å². The monoisotopic (exact) mass is 431 g/mol. The average Bonchev–Trinajstić information content (AvgIpc) is 3.46. The number of aromatic nitrogens is 4. The quantitative estimate of drug-likeness (QED) is 0.493. The van der Waals surface area contributed by atoms with Crippen molar-refractivity contribution < 1.29 is 9.53 Å². The summed E-state index contributed by atoms with van der Waals surface area (Å²) in [4.78, 5) is 35.8. The highest BCUT2D eigenvalue weighted by atomic mass is 16.5. The van der Waals surface area contributed by atoms with Gasteiger partial charge in [-0.25, -0.2) is 4.98 Å². The summed E-state index contributed by atoms with van der Waals surface area (Å²) in [5.74, 6) is -0.0316. The van der Waals surface area contributed by atoms with Crippen LogP contribution in [0.4, 0.5) is 0 Å². The molecule has 8 heteroatoms. The predicted molar refractivity (Wildman–Crippen MR) is 123 cm³/mol. The Labute approximate surface area is 184 Å². The van der Waals surface area contributed by atoms with E-state index < -0.39 is 0 Å². The van der Waals surface area contributed by atoms with Gasteiger partial charge in [-0.05, 0) is 31.0 Å². The van der Waals surface area contributed by atoms with Crippen LogP contribution in [0, 0.1) is 0 Å². The van der Waals surface area contributed by atoms with Crippen LogP contribution in [0.3, 0.4) is 0 Å². The van der Waals surface area contributed by atoms with E-state index >= 15 is 0 Å². The number of nitrogens with zero attached hydrogens (tertiary/aromatic N) is 4. The SMILES string of the molecule is C=CCCc1cn(-c2cc(C(=O)N3CCOCC3)cc3c2ncn3C)c2cc[nH]c2c1=O. The van der Waals surface area contributed by atoms with Crippen LogP contribution in [0.25, 0.3) is 27.8 Å². The van der Waals surface area contributed by atoms with E-state index in [9.17, 15) is 9.59 Å². The molecule has 1 aromatic carbocycles. The number of amides is 1. The number of benzene rings is 1. The summed E-state index contributed by atoms with van der Waals surface area (Å²) >= 11 is 0. The van der Waals surface area contributed by atoms with Crippen molar-refractivity contribution in [2.45, 2.75) is 12.8 Å². The molecule has 4 aromatic rings. The Morgan fingerprint density at radius 2 is 2.09 bits per heavy atom. The molecule has 1 aliphatic heterocycles. The lowest BCUT2D eigenvalue weighted by Gasteiger charge is -2.27. The maximum atomic E-state index is 13.3. The lowest BCUT2D eigenvalue weighted by atomic mass is 10.1. The standard InChI is InChI=1S/C24H25N5O3/c1-3-4-5-16-14-29(18-6-7-25-22(18)23(16)30)20-13-17(12-19-21(20)26-15-27(19)2)24(31)28-8-10-32-11-9-28/h3,6-7,12-15,25H,1,4-5,8-11H2,2H3. The molecule has 32 heavy (non-hydrogen) atoms. The van der Waals surface area contributed by atoms with E-state index in [1.165, 1.54) is 0 Å². The van der Waals surface area contributed by atoms with Gasteiger partial charge in [-0.2, -0.15) is 0 Å². The summed E-state index contributed by atoms with van der Waals surface area (Å²) in [6.07, 6.45) is 8.48. The third-order valence-corrected chi connectivity index (χ3v) is 6.02. The number of aromatic amines is 1. The average molecular weight is 431 g/mol. The Balaban J connectivity index is 1.73. The first kappa shape index (κ1) is 20.3. The van der Waals surface area contributed by atoms with Crippen LogP contribution in [0.2, 0.25) is 0 Å². The van der Waals surface area contributed by atoms with Crippen molar-refractivity contribution in [3.63, 3.8) is 0 Å². The van der Waals surface area contributed by atoms with Crippen molar-refractivity contribution in [3.05, 3.63) is 70.9 Å². The number of pyridine rings is 1. The van der Waals surface area contributed by atoms with Gasteiger partial charge in [0, 0.05) is 43.7 Å². The summed E-state index contributed by atoms with van der Waals surface area (Å²) in [6.45, 7) is 6.01. The van der Waals surface area contributed by atoms with Gasteiger partial charge in [-0.3, -0.25) is 9.59 Å². The number of hydrogen-bond acceptors (Lipinski definition) is 4. The number of imidazole rings is 1. The number of morpholine rings is 1. The number of fused-ring (bicyclic) bond motifs is 2. The summed E-state index contributed by atoms with van der Waals surface area (Å²) < 4.78 is 9.28. The van der Waals surface area contributed by atoms with E-state index in [1.54, 1.807) is 18.6 Å². The van der Waals surface area contributed by atoms with Crippen LogP contribution in [-0.2, 0) is 18.2 Å². The highest BCUT2D eigenvalue weighted by Crippen LogP contribution is 2.27. The highest BCUT2D eigenvalue weighted by molar-refractivity contribution is 6.00. The second-order valence-electron chi connectivity index (χ2n) is 8.04. The Hall–Kier alpha value is -3.65. The van der Waals surface area contributed by atoms with Gasteiger partial charge in [0.15, 0.2) is 0 Å². The highest BCUT2D eigenvalue weighted by Gasteiger charge is 2.22. The van der Waals surface area contributed by atoms with Gasteiger partial charge in [0.2, 0.25) is 5.43 Å². The Morgan fingerprint density at radius 3 is 2.88 bits per heavy atom. The molecule has 0 unspecified atom stereocenters. The summed E-state index contributed by atoms with van der Waals surface area (Å²) in [6, 6.07) is 5.64. The van der Waals surface area contributed by atoms with Crippen molar-refractivity contribution in [3.8, 4) is 5.69 Å². The van der Waals surface area contributed by atoms with E-state index in [2.05, 4.69) is 16.5 Å². The number of hydrogen-bond donors (Lipinski definition) is 1. The maximum Gasteiger partial charge on any atom is 0.254 e. The molecule has 1 N–H and O–H groups in total. The molecule has 5 rings (SSSR count). The van der Waals surface area contributed by atoms with Crippen LogP contribution < -0.4 is 5.43 Å². The van der Waals surface area contributed by atoms with Crippen molar-refractivity contribution in [2.24, 2.45) is 7.05 Å². The van der Waals surface area contributed by atoms with Crippen LogP contribution in [0.15, 0.2) is 54.4 Å². The molecule has 0 aliphatic carbocycles. The normalized spacial score (nSPS) is 14.3. The van der Waals surface area contributed by atoms with Crippen LogP contribution in [0.1, 0.15) is 22.3 Å². The molecule has 0 atom stereocenters. The number of allylic oxidation sites excluding steroid dienone is 1. The Bertz CT molecular complexity index is 1390. The molecule has 0 saturated carbocycles. The lowest BCUT2D eigenvalue weighted by molar-refractivity contribution is 0.0303. The van der Waals surface area contributed by atoms with Crippen LogP contribution >= 0.6 is 0 Å². The molecule has 1 saturated heterocycles. The molecule has 0 radical (unpaired) electrons. The topological polar surface area (TPSA) is 85.2 Å². The summed E-state index contributed by atoms with van der Waals surface area (Å²) in [5.41, 5.74) is 4.95. The van der Waals surface area contributed by atoms with Crippen molar-refractivity contribution in [1.82, 2.24) is 24.0 Å². The summed E-state index contributed by atoms with van der Waals surface area (Å²) in [5, 5.41) is 0. The number of carbonyl (C=O) groups is 1. The van der Waals surface area contributed by atoms with Crippen molar-refractivity contribution >= 4 is 28.0 Å². The smallest absolute Gasteiger partial charge is 0.254 e. The van der Waals surface area contributed by atoms with Gasteiger partial charge in [-0.1, -0.05) is 6.08 Å². The van der Waals surface area contributed by atoms with E-state index in [4.69, 9.17) is 4.74 Å². The van der Waals surface area contributed by atoms with Gasteiger partial charge in [-0.15, -0.1) is 6.58 Å². The van der Waals surface area contributed by atoms with E-state index in [0.29, 0.717) is 55.8 Å². The summed E-state index contributed by atoms with van der Waals surface area (Å²) in [7, 11) is 1.91. The molecule has 1 aliphatic rings. The van der Waals surface area contributed by atoms with Crippen LogP contribution in [-0.4, -0.2) is 56.2 Å². The minimum Gasteiger partial charge on any atom is -0.378 e. The predicted octanol–water partition coefficient (Wildman–Crippen LogP) is 2.80. The fraction of sp³-hybridized carbons (Fsp3) is 0.292. The Morgan fingerprint density at radius 1 is 1.28 bits per heavy atom. The maximum absolute atomic E-state index is 13.3. The fourth-order valence-electron chi connectivity index (χ4n) is 4.29. The first-order valence-electron chi connectivity index (χ1n) is 10.7. The zero-order valence-corrected chi connectivity index (χ0v) is 18.0. The van der Waals surface area contributed by atoms with Gasteiger partial charge < -0.3 is 23.8 Å². The molecular weight excluding hydrogens is 406 g/mol. The first-order chi connectivity index (χ1) is 15.6. The molecule has 164 valence electrons. The van der Waals surface area contributed by atoms with E-state index in [0.717, 1.165) is 22.2 Å². The number of ether oxygens (including phenoxy) is 1. The fourth-order valence-corrected chi connectivity index (χ4v) is 4.29. The number of H-pyrrole nitrogens is 1. The molecule has 1 amide bonds. The molecule has 3 aromatic heterocycles. The second kappa shape index (κ2) is 8.12. The van der Waals surface area contributed by atoms with Gasteiger partial charge >= 0.3 is 0 Å². The van der Waals surface area contributed by atoms with Crippen molar-refractivity contribution in [1.29, 1.82) is 0 Å². The Kier molecular flexibility index (Phi) is 5.14. The number of nitrogens with one attached hydrogen (secondary N) is 1. The molecule has 4 heterocycles. The molecule has 0 spiro atoms. The number of rotatable bonds is 5. The van der Waals surface area contributed by atoms with Gasteiger partial charge in [0.05, 0.1) is 36.3 Å². The molecule has 8 nitrogen and oxygen atoms in total. The minimum absolute atomic E-state index is 0.0130. The minimum atomic E-state index is -0.0316. The van der Waals surface area contributed by atoms with E-state index in [-0.39, 0.29) is 11.3 Å². The van der Waals surface area contributed by atoms with Gasteiger partial charge in [0.1, 0.15) is 11.0 Å². The zero-order chi connectivity index (χ0) is 22.2. The van der Waals surface area contributed by atoms with Crippen LogP contribution in [0.5, 0.6) is 0 Å². The number of carbonyl (C=O) groups excluding carboxylic acids is 1.